The second-order valence-electron chi connectivity index (χ2n) is 8.26. The maximum absolute atomic E-state index is 13.1. The van der Waals surface area contributed by atoms with Crippen molar-refractivity contribution >= 4 is 86.3 Å². The molecule has 5 rings (SSSR count). The van der Waals surface area contributed by atoms with Gasteiger partial charge in [0.05, 0.1) is 11.4 Å². The number of rotatable bonds is 6. The molecule has 3 amide bonds. The Morgan fingerprint density at radius 2 is 1.68 bits per heavy atom. The van der Waals surface area contributed by atoms with Crippen molar-refractivity contribution in [2.45, 2.75) is 6.54 Å². The number of anilines is 1. The molecule has 0 radical (unpaired) electrons. The standard InChI is InChI=1S/C27H18Cl3N3O3S/c28-17-5-3-6-18(12-17)31-25(34)15-33-26(35)24(37-27(33)36)11-16-13-32(23-10-2-1-7-19(16)23)14-20-21(29)8-4-9-22(20)30/h1-13H,14-15H2,(H,31,34)/b24-11-. The molecule has 0 saturated carbocycles. The molecule has 37 heavy (non-hydrogen) atoms. The van der Waals surface area contributed by atoms with Crippen molar-refractivity contribution in [1.82, 2.24) is 9.47 Å². The molecule has 0 spiro atoms. The summed E-state index contributed by atoms with van der Waals surface area (Å²) in [7, 11) is 0. The van der Waals surface area contributed by atoms with Crippen molar-refractivity contribution in [3.05, 3.63) is 104 Å². The van der Waals surface area contributed by atoms with Crippen molar-refractivity contribution in [3.8, 4) is 0 Å². The lowest BCUT2D eigenvalue weighted by atomic mass is 10.1. The highest BCUT2D eigenvalue weighted by Gasteiger charge is 2.36. The number of aromatic nitrogens is 1. The Morgan fingerprint density at radius 1 is 0.946 bits per heavy atom. The third-order valence-electron chi connectivity index (χ3n) is 5.78. The summed E-state index contributed by atoms with van der Waals surface area (Å²) in [6, 6.07) is 19.7. The normalized spacial score (nSPS) is 14.7. The number of fused-ring (bicyclic) bond motifs is 1. The van der Waals surface area contributed by atoms with Gasteiger partial charge >= 0.3 is 0 Å². The second kappa shape index (κ2) is 10.6. The van der Waals surface area contributed by atoms with Crippen LogP contribution in [-0.2, 0) is 16.1 Å². The van der Waals surface area contributed by atoms with Crippen molar-refractivity contribution in [2.75, 3.05) is 11.9 Å². The van der Waals surface area contributed by atoms with Crippen LogP contribution in [0.4, 0.5) is 10.5 Å². The largest absolute Gasteiger partial charge is 0.342 e. The molecule has 6 nitrogen and oxygen atoms in total. The van der Waals surface area contributed by atoms with Gasteiger partial charge in [0.15, 0.2) is 0 Å². The number of nitrogens with zero attached hydrogens (tertiary/aromatic N) is 2. The maximum atomic E-state index is 13.1. The Labute approximate surface area is 231 Å². The van der Waals surface area contributed by atoms with Crippen LogP contribution in [0.1, 0.15) is 11.1 Å². The molecule has 0 aliphatic carbocycles. The summed E-state index contributed by atoms with van der Waals surface area (Å²) in [4.78, 5) is 39.3. The van der Waals surface area contributed by atoms with E-state index >= 15 is 0 Å². The summed E-state index contributed by atoms with van der Waals surface area (Å²) >= 11 is 19.5. The molecule has 4 aromatic rings. The fraction of sp³-hybridized carbons (Fsp3) is 0.0741. The van der Waals surface area contributed by atoms with Gasteiger partial charge < -0.3 is 9.88 Å². The zero-order chi connectivity index (χ0) is 26.1. The van der Waals surface area contributed by atoms with Gasteiger partial charge in [-0.25, -0.2) is 0 Å². The SMILES string of the molecule is O=C(CN1C(=O)S/C(=C\c2cn(Cc3c(Cl)cccc3Cl)c3ccccc23)C1=O)Nc1cccc(Cl)c1. The predicted octanol–water partition coefficient (Wildman–Crippen LogP) is 7.32. The molecule has 1 aromatic heterocycles. The summed E-state index contributed by atoms with van der Waals surface area (Å²) in [6.07, 6.45) is 3.57. The van der Waals surface area contributed by atoms with Gasteiger partial charge in [-0.15, -0.1) is 0 Å². The van der Waals surface area contributed by atoms with E-state index in [9.17, 15) is 14.4 Å². The summed E-state index contributed by atoms with van der Waals surface area (Å²) in [5.41, 5.74) is 2.94. The average Bonchev–Trinajstić information content (AvgIpc) is 3.33. The highest BCUT2D eigenvalue weighted by molar-refractivity contribution is 8.18. The topological polar surface area (TPSA) is 71.4 Å². The molecule has 0 bridgehead atoms. The molecule has 0 atom stereocenters. The molecular weight excluding hydrogens is 553 g/mol. The Bertz CT molecular complexity index is 1580. The molecule has 2 heterocycles. The smallest absolute Gasteiger partial charge is 0.294 e. The van der Waals surface area contributed by atoms with Crippen LogP contribution in [0, 0.1) is 0 Å². The minimum atomic E-state index is -0.526. The van der Waals surface area contributed by atoms with Gasteiger partial charge in [0.2, 0.25) is 5.91 Å². The van der Waals surface area contributed by atoms with Gasteiger partial charge in [-0.2, -0.15) is 0 Å². The Morgan fingerprint density at radius 3 is 2.43 bits per heavy atom. The van der Waals surface area contributed by atoms with E-state index in [1.807, 2.05) is 35.0 Å². The van der Waals surface area contributed by atoms with Crippen LogP contribution >= 0.6 is 46.6 Å². The fourth-order valence-electron chi connectivity index (χ4n) is 4.06. The van der Waals surface area contributed by atoms with Gasteiger partial charge in [0, 0.05) is 49.0 Å². The highest BCUT2D eigenvalue weighted by Crippen LogP contribution is 2.35. The summed E-state index contributed by atoms with van der Waals surface area (Å²) in [5.74, 6) is -1.03. The van der Waals surface area contributed by atoms with Crippen molar-refractivity contribution in [3.63, 3.8) is 0 Å². The molecular formula is C27H18Cl3N3O3S. The monoisotopic (exact) mass is 569 g/mol. The van der Waals surface area contributed by atoms with E-state index in [4.69, 9.17) is 34.8 Å². The van der Waals surface area contributed by atoms with Gasteiger partial charge in [-0.3, -0.25) is 19.3 Å². The fourth-order valence-corrected chi connectivity index (χ4v) is 5.60. The first kappa shape index (κ1) is 25.4. The molecule has 3 aromatic carbocycles. The van der Waals surface area contributed by atoms with Crippen LogP contribution in [0.2, 0.25) is 15.1 Å². The number of para-hydroxylation sites is 1. The van der Waals surface area contributed by atoms with Crippen LogP contribution in [-0.4, -0.2) is 33.1 Å². The van der Waals surface area contributed by atoms with E-state index in [2.05, 4.69) is 5.32 Å². The first-order valence-corrected chi connectivity index (χ1v) is 13.1. The van der Waals surface area contributed by atoms with Gasteiger partial charge in [0.1, 0.15) is 6.54 Å². The van der Waals surface area contributed by atoms with Crippen LogP contribution in [0.25, 0.3) is 17.0 Å². The minimum absolute atomic E-state index is 0.235. The van der Waals surface area contributed by atoms with Gasteiger partial charge in [-0.1, -0.05) is 65.1 Å². The van der Waals surface area contributed by atoms with E-state index in [1.165, 1.54) is 0 Å². The summed E-state index contributed by atoms with van der Waals surface area (Å²) in [5, 5.41) is 4.62. The zero-order valence-corrected chi connectivity index (χ0v) is 22.2. The van der Waals surface area contributed by atoms with Gasteiger partial charge in [0.25, 0.3) is 11.1 Å². The highest BCUT2D eigenvalue weighted by atomic mass is 35.5. The Hall–Kier alpha value is -3.23. The van der Waals surface area contributed by atoms with E-state index in [0.717, 1.165) is 38.7 Å². The lowest BCUT2D eigenvalue weighted by molar-refractivity contribution is -0.127. The summed E-state index contributed by atoms with van der Waals surface area (Å²) < 4.78 is 2.00. The van der Waals surface area contributed by atoms with Crippen LogP contribution in [0.5, 0.6) is 0 Å². The van der Waals surface area contributed by atoms with Crippen LogP contribution < -0.4 is 5.32 Å². The van der Waals surface area contributed by atoms with Gasteiger partial charge in [-0.05, 0) is 54.2 Å². The van der Waals surface area contributed by atoms with Crippen molar-refractivity contribution in [1.29, 1.82) is 0 Å². The van der Waals surface area contributed by atoms with E-state index in [0.29, 0.717) is 27.3 Å². The quantitative estimate of drug-likeness (QED) is 0.247. The number of carbonyl (C=O) groups excluding carboxylic acids is 3. The number of hydrogen-bond acceptors (Lipinski definition) is 4. The summed E-state index contributed by atoms with van der Waals surface area (Å²) in [6.45, 7) is 0.0271. The lowest BCUT2D eigenvalue weighted by Gasteiger charge is -2.12. The Kier molecular flexibility index (Phi) is 7.31. The molecule has 0 unspecified atom stereocenters. The third kappa shape index (κ3) is 5.40. The predicted molar refractivity (Wildman–Crippen MR) is 150 cm³/mol. The maximum Gasteiger partial charge on any atom is 0.294 e. The first-order chi connectivity index (χ1) is 17.8. The molecule has 10 heteroatoms. The Balaban J connectivity index is 1.40. The lowest BCUT2D eigenvalue weighted by Crippen LogP contribution is -2.36. The molecule has 1 saturated heterocycles. The molecule has 1 fully saturated rings. The van der Waals surface area contributed by atoms with Crippen LogP contribution in [0.15, 0.2) is 77.8 Å². The van der Waals surface area contributed by atoms with E-state index < -0.39 is 23.6 Å². The number of imide groups is 1. The number of thioether (sulfide) groups is 1. The van der Waals surface area contributed by atoms with Crippen molar-refractivity contribution in [2.24, 2.45) is 0 Å². The number of halogens is 3. The number of benzene rings is 3. The number of hydrogen-bond donors (Lipinski definition) is 1. The van der Waals surface area contributed by atoms with Crippen molar-refractivity contribution < 1.29 is 14.4 Å². The molecule has 1 N–H and O–H groups in total. The third-order valence-corrected chi connectivity index (χ3v) is 7.63. The van der Waals surface area contributed by atoms with E-state index in [-0.39, 0.29) is 4.91 Å². The van der Waals surface area contributed by atoms with Crippen LogP contribution in [0.3, 0.4) is 0 Å². The number of nitrogens with one attached hydrogen (secondary N) is 1. The molecule has 1 aliphatic heterocycles. The molecule has 186 valence electrons. The van der Waals surface area contributed by atoms with E-state index in [1.54, 1.807) is 48.5 Å². The second-order valence-corrected chi connectivity index (χ2v) is 10.5. The average molecular weight is 571 g/mol. The number of carbonyl (C=O) groups is 3. The minimum Gasteiger partial charge on any atom is -0.342 e. The molecule has 1 aliphatic rings. The first-order valence-electron chi connectivity index (χ1n) is 11.1. The number of amides is 3. The zero-order valence-electron chi connectivity index (χ0n) is 19.1.